The standard InChI is InChI=1S/C60H54N2/c1-57(2)49-23-16-15-22-47(49)54-50(57)24-17-25-53(54)61(44-31-26-40(27-32-44)39-18-11-9-12-19-39)45-33-28-41(29-34-45)42-30-37-52-48(38-42)46-35-36-51-55(59(5,6)60(7,8)58(51,3)4)56(46)62(52)43-20-13-10-14-21-43/h9-38H,1-8H3. The van der Waals surface area contributed by atoms with E-state index in [4.69, 9.17) is 0 Å². The van der Waals surface area contributed by atoms with E-state index >= 15 is 0 Å². The van der Waals surface area contributed by atoms with E-state index in [1.54, 1.807) is 0 Å². The van der Waals surface area contributed by atoms with Crippen molar-refractivity contribution in [2.24, 2.45) is 5.41 Å². The molecule has 0 spiro atoms. The van der Waals surface area contributed by atoms with Gasteiger partial charge in [0, 0.05) is 38.8 Å². The van der Waals surface area contributed by atoms with E-state index < -0.39 is 0 Å². The maximum atomic E-state index is 2.54. The average Bonchev–Trinajstić information content (AvgIpc) is 3.78. The summed E-state index contributed by atoms with van der Waals surface area (Å²) in [5.74, 6) is 0. The molecule has 0 unspecified atom stereocenters. The van der Waals surface area contributed by atoms with Crippen molar-refractivity contribution in [1.29, 1.82) is 0 Å². The van der Waals surface area contributed by atoms with Gasteiger partial charge in [0.2, 0.25) is 0 Å². The van der Waals surface area contributed by atoms with E-state index in [9.17, 15) is 0 Å². The van der Waals surface area contributed by atoms with E-state index in [-0.39, 0.29) is 21.7 Å². The van der Waals surface area contributed by atoms with Crippen molar-refractivity contribution in [3.63, 3.8) is 0 Å². The Labute approximate surface area is 367 Å². The number of hydrogen-bond donors (Lipinski definition) is 0. The Bertz CT molecular complexity index is 3200. The molecule has 0 aliphatic heterocycles. The van der Waals surface area contributed by atoms with Gasteiger partial charge in [0.05, 0.1) is 16.7 Å². The molecule has 0 N–H and O–H groups in total. The molecule has 11 rings (SSSR count). The zero-order valence-corrected chi connectivity index (χ0v) is 37.2. The maximum absolute atomic E-state index is 2.54. The Kier molecular flexibility index (Phi) is 8.29. The smallest absolute Gasteiger partial charge is 0.0581 e. The van der Waals surface area contributed by atoms with Crippen LogP contribution >= 0.6 is 0 Å². The third kappa shape index (κ3) is 5.29. The van der Waals surface area contributed by atoms with Gasteiger partial charge in [-0.3, -0.25) is 0 Å². The molecule has 2 nitrogen and oxygen atoms in total. The highest BCUT2D eigenvalue weighted by Crippen LogP contribution is 2.63. The third-order valence-corrected chi connectivity index (χ3v) is 15.9. The Hall–Kier alpha value is -6.64. The molecule has 62 heavy (non-hydrogen) atoms. The molecule has 1 heterocycles. The summed E-state index contributed by atoms with van der Waals surface area (Å²) in [6.45, 7) is 19.4. The highest BCUT2D eigenvalue weighted by atomic mass is 15.1. The Morgan fingerprint density at radius 2 is 0.984 bits per heavy atom. The number of rotatable bonds is 6. The third-order valence-electron chi connectivity index (χ3n) is 15.9. The van der Waals surface area contributed by atoms with Crippen LogP contribution in [0.25, 0.3) is 60.9 Å². The van der Waals surface area contributed by atoms with E-state index in [1.165, 1.54) is 88.8 Å². The minimum Gasteiger partial charge on any atom is -0.310 e. The van der Waals surface area contributed by atoms with Crippen LogP contribution in [-0.2, 0) is 16.2 Å². The van der Waals surface area contributed by atoms with Gasteiger partial charge in [-0.25, -0.2) is 0 Å². The minimum absolute atomic E-state index is 0.0160. The van der Waals surface area contributed by atoms with Crippen LogP contribution in [0, 0.1) is 5.41 Å². The van der Waals surface area contributed by atoms with E-state index in [1.807, 2.05) is 0 Å². The average molecular weight is 803 g/mol. The normalized spacial score (nSPS) is 16.3. The molecule has 0 saturated carbocycles. The quantitative estimate of drug-likeness (QED) is 0.163. The summed E-state index contributed by atoms with van der Waals surface area (Å²) in [6.07, 6.45) is 0. The van der Waals surface area contributed by atoms with Gasteiger partial charge in [0.25, 0.3) is 0 Å². The van der Waals surface area contributed by atoms with Crippen molar-refractivity contribution < 1.29 is 0 Å². The number of benzene rings is 8. The molecule has 0 fully saturated rings. The molecular weight excluding hydrogens is 749 g/mol. The number of hydrogen-bond acceptors (Lipinski definition) is 1. The second-order valence-electron chi connectivity index (χ2n) is 19.8. The van der Waals surface area contributed by atoms with Crippen LogP contribution in [0.2, 0.25) is 0 Å². The largest absolute Gasteiger partial charge is 0.310 e. The van der Waals surface area contributed by atoms with Crippen LogP contribution in [0.1, 0.15) is 77.6 Å². The summed E-state index contributed by atoms with van der Waals surface area (Å²) in [5.41, 5.74) is 20.3. The number of para-hydroxylation sites is 1. The Morgan fingerprint density at radius 1 is 0.419 bits per heavy atom. The van der Waals surface area contributed by atoms with E-state index in [0.717, 1.165) is 11.4 Å². The molecule has 9 aromatic rings. The first kappa shape index (κ1) is 38.3. The molecule has 1 aromatic heterocycles. The molecule has 2 aliphatic rings. The van der Waals surface area contributed by atoms with Crippen molar-refractivity contribution >= 4 is 38.9 Å². The fourth-order valence-corrected chi connectivity index (χ4v) is 11.3. The predicted octanol–water partition coefficient (Wildman–Crippen LogP) is 16.5. The lowest BCUT2D eigenvalue weighted by molar-refractivity contribution is 0.125. The lowest BCUT2D eigenvalue weighted by Gasteiger charge is -2.44. The van der Waals surface area contributed by atoms with Gasteiger partial charge in [-0.2, -0.15) is 0 Å². The first-order valence-corrected chi connectivity index (χ1v) is 22.3. The fraction of sp³-hybridized carbons (Fsp3) is 0.200. The molecule has 0 radical (unpaired) electrons. The van der Waals surface area contributed by atoms with Gasteiger partial charge in [-0.15, -0.1) is 0 Å². The van der Waals surface area contributed by atoms with E-state index in [0.29, 0.717) is 0 Å². The van der Waals surface area contributed by atoms with Gasteiger partial charge in [-0.1, -0.05) is 183 Å². The van der Waals surface area contributed by atoms with Gasteiger partial charge >= 0.3 is 0 Å². The van der Waals surface area contributed by atoms with Crippen LogP contribution in [0.15, 0.2) is 182 Å². The van der Waals surface area contributed by atoms with Crippen LogP contribution in [0.4, 0.5) is 17.1 Å². The second kappa shape index (κ2) is 13.4. The Balaban J connectivity index is 1.07. The summed E-state index contributed by atoms with van der Waals surface area (Å²) in [4.78, 5) is 2.46. The van der Waals surface area contributed by atoms with Crippen LogP contribution in [0.3, 0.4) is 0 Å². The monoisotopic (exact) mass is 802 g/mol. The second-order valence-corrected chi connectivity index (χ2v) is 19.8. The zero-order valence-electron chi connectivity index (χ0n) is 37.2. The highest BCUT2D eigenvalue weighted by molar-refractivity contribution is 6.12. The van der Waals surface area contributed by atoms with Crippen LogP contribution in [-0.4, -0.2) is 4.57 Å². The molecule has 2 heteroatoms. The summed E-state index contributed by atoms with van der Waals surface area (Å²) in [6, 6.07) is 67.7. The van der Waals surface area contributed by atoms with Gasteiger partial charge < -0.3 is 9.47 Å². The van der Waals surface area contributed by atoms with Crippen molar-refractivity contribution in [2.45, 2.75) is 71.6 Å². The van der Waals surface area contributed by atoms with Gasteiger partial charge in [0.1, 0.15) is 0 Å². The number of aromatic nitrogens is 1. The fourth-order valence-electron chi connectivity index (χ4n) is 11.3. The first-order valence-electron chi connectivity index (χ1n) is 22.3. The topological polar surface area (TPSA) is 8.17 Å². The van der Waals surface area contributed by atoms with Crippen molar-refractivity contribution in [3.8, 4) is 39.1 Å². The van der Waals surface area contributed by atoms with Crippen LogP contribution in [0.5, 0.6) is 0 Å². The molecule has 2 aliphatic carbocycles. The summed E-state index contributed by atoms with van der Waals surface area (Å²) < 4.78 is 2.54. The van der Waals surface area contributed by atoms with Gasteiger partial charge in [-0.05, 0) is 121 Å². The molecule has 8 aromatic carbocycles. The lowest BCUT2D eigenvalue weighted by Crippen LogP contribution is -2.42. The molecule has 304 valence electrons. The molecule has 0 saturated heterocycles. The molecule has 0 bridgehead atoms. The maximum Gasteiger partial charge on any atom is 0.0581 e. The summed E-state index contributed by atoms with van der Waals surface area (Å²) >= 11 is 0. The zero-order chi connectivity index (χ0) is 42.8. The molecule has 0 amide bonds. The van der Waals surface area contributed by atoms with Crippen molar-refractivity contribution in [3.05, 3.63) is 204 Å². The van der Waals surface area contributed by atoms with Crippen molar-refractivity contribution in [2.75, 3.05) is 4.90 Å². The SMILES string of the molecule is CC1(C)c2ccccc2-c2c(N(c3ccc(-c4ccccc4)cc3)c3ccc(-c4ccc5c(c4)c4ccc6c(c4n5-c4ccccc4)C(C)(C)C(C)(C)C6(C)C)cc3)cccc21. The minimum atomic E-state index is -0.0981. The number of nitrogens with zero attached hydrogens (tertiary/aromatic N) is 2. The van der Waals surface area contributed by atoms with E-state index in [2.05, 4.69) is 247 Å². The number of fused-ring (bicyclic) bond motifs is 8. The summed E-state index contributed by atoms with van der Waals surface area (Å²) in [5, 5.41) is 2.60. The molecular formula is C60H54N2. The van der Waals surface area contributed by atoms with Crippen LogP contribution < -0.4 is 4.90 Å². The number of anilines is 3. The predicted molar refractivity (Wildman–Crippen MR) is 264 cm³/mol. The van der Waals surface area contributed by atoms with Gasteiger partial charge in [0.15, 0.2) is 0 Å². The lowest BCUT2D eigenvalue weighted by atomic mass is 9.59. The first-order chi connectivity index (χ1) is 29.8. The highest BCUT2D eigenvalue weighted by Gasteiger charge is 2.58. The van der Waals surface area contributed by atoms with Crippen molar-refractivity contribution in [1.82, 2.24) is 4.57 Å². The molecule has 0 atom stereocenters. The Morgan fingerprint density at radius 3 is 1.66 bits per heavy atom. The summed E-state index contributed by atoms with van der Waals surface area (Å²) in [7, 11) is 0.